The molecule has 0 aliphatic heterocycles. The Morgan fingerprint density at radius 3 is 2.60 bits per heavy atom. The van der Waals surface area contributed by atoms with E-state index in [2.05, 4.69) is 9.61 Å². The number of hydrogen-bond acceptors (Lipinski definition) is 3. The summed E-state index contributed by atoms with van der Waals surface area (Å²) in [7, 11) is -3.35. The van der Waals surface area contributed by atoms with E-state index in [1.807, 2.05) is 0 Å². The van der Waals surface area contributed by atoms with E-state index in [-0.39, 0.29) is 0 Å². The molecule has 0 radical (unpaired) electrons. The molecule has 0 amide bonds. The Balaban J connectivity index is 3.87. The first kappa shape index (κ1) is 9.62. The normalized spacial score (nSPS) is 15.9. The lowest BCUT2D eigenvalue weighted by Gasteiger charge is -2.10. The standard InChI is InChI=1S/C4H11N2O3P/c1-3-6-10(5,8)9-4(2)7/h3H2,1-2H3,(H3,5,6,8). The molecular formula is C4H11N2O3P. The van der Waals surface area contributed by atoms with Crippen LogP contribution in [-0.4, -0.2) is 12.5 Å². The van der Waals surface area contributed by atoms with Crippen molar-refractivity contribution >= 4 is 13.6 Å². The summed E-state index contributed by atoms with van der Waals surface area (Å²) in [6.45, 7) is 3.26. The Bertz CT molecular complexity index is 170. The van der Waals surface area contributed by atoms with Crippen LogP contribution in [0.25, 0.3) is 0 Å². The molecule has 5 nitrogen and oxygen atoms in total. The second kappa shape index (κ2) is 3.71. The zero-order valence-electron chi connectivity index (χ0n) is 5.96. The summed E-state index contributed by atoms with van der Waals surface area (Å²) in [5.74, 6) is -0.646. The fourth-order valence-electron chi connectivity index (χ4n) is 0.444. The third kappa shape index (κ3) is 4.49. The highest BCUT2D eigenvalue weighted by Crippen LogP contribution is 2.31. The van der Waals surface area contributed by atoms with Gasteiger partial charge in [-0.05, 0) is 0 Å². The van der Waals surface area contributed by atoms with Gasteiger partial charge in [-0.1, -0.05) is 6.92 Å². The van der Waals surface area contributed by atoms with Crippen LogP contribution in [0, 0.1) is 0 Å². The minimum Gasteiger partial charge on any atom is -0.390 e. The third-order valence-electron chi connectivity index (χ3n) is 0.643. The van der Waals surface area contributed by atoms with Crippen LogP contribution in [-0.2, 0) is 13.9 Å². The van der Waals surface area contributed by atoms with Crippen LogP contribution in [0.2, 0.25) is 0 Å². The molecule has 1 unspecified atom stereocenters. The van der Waals surface area contributed by atoms with Gasteiger partial charge in [0.05, 0.1) is 0 Å². The van der Waals surface area contributed by atoms with Gasteiger partial charge < -0.3 is 4.52 Å². The lowest BCUT2D eigenvalue weighted by atomic mass is 10.8. The second-order valence-electron chi connectivity index (χ2n) is 1.69. The maximum absolute atomic E-state index is 10.8. The number of nitrogens with one attached hydrogen (secondary N) is 1. The topological polar surface area (TPSA) is 81.4 Å². The van der Waals surface area contributed by atoms with Gasteiger partial charge in [0.15, 0.2) is 0 Å². The molecule has 0 aliphatic carbocycles. The summed E-state index contributed by atoms with van der Waals surface area (Å²) in [6, 6.07) is 0. The van der Waals surface area contributed by atoms with Crippen molar-refractivity contribution in [2.45, 2.75) is 13.8 Å². The molecule has 6 heteroatoms. The minimum absolute atomic E-state index is 0.404. The quantitative estimate of drug-likeness (QED) is 0.586. The summed E-state index contributed by atoms with van der Waals surface area (Å²) in [5.41, 5.74) is 5.03. The van der Waals surface area contributed by atoms with Crippen LogP contribution in [0.3, 0.4) is 0 Å². The molecule has 0 aromatic carbocycles. The summed E-state index contributed by atoms with van der Waals surface area (Å²) >= 11 is 0. The van der Waals surface area contributed by atoms with E-state index in [4.69, 9.17) is 5.50 Å². The molecule has 0 saturated heterocycles. The number of rotatable bonds is 3. The Hall–Kier alpha value is -0.380. The van der Waals surface area contributed by atoms with E-state index in [1.54, 1.807) is 6.92 Å². The van der Waals surface area contributed by atoms with Crippen LogP contribution in [0.1, 0.15) is 13.8 Å². The molecule has 0 aromatic rings. The Morgan fingerprint density at radius 2 is 2.30 bits per heavy atom. The van der Waals surface area contributed by atoms with Gasteiger partial charge in [0.1, 0.15) is 0 Å². The number of hydrogen-bond donors (Lipinski definition) is 2. The summed E-state index contributed by atoms with van der Waals surface area (Å²) < 4.78 is 15.1. The fourth-order valence-corrected chi connectivity index (χ4v) is 1.33. The van der Waals surface area contributed by atoms with Gasteiger partial charge >= 0.3 is 13.6 Å². The molecule has 10 heavy (non-hydrogen) atoms. The SMILES string of the molecule is CCNP(N)(=O)OC(C)=O. The summed E-state index contributed by atoms with van der Waals surface area (Å²) in [5, 5.41) is 2.34. The maximum atomic E-state index is 10.8. The zero-order chi connectivity index (χ0) is 8.20. The van der Waals surface area contributed by atoms with Gasteiger partial charge in [-0.15, -0.1) is 0 Å². The largest absolute Gasteiger partial charge is 0.390 e. The molecule has 0 spiro atoms. The Kier molecular flexibility index (Phi) is 3.57. The van der Waals surface area contributed by atoms with Crippen molar-refractivity contribution in [2.75, 3.05) is 6.54 Å². The third-order valence-corrected chi connectivity index (χ3v) is 1.93. The van der Waals surface area contributed by atoms with Gasteiger partial charge in [0.2, 0.25) is 0 Å². The van der Waals surface area contributed by atoms with E-state index >= 15 is 0 Å². The molecule has 0 saturated carbocycles. The Labute approximate surface area is 59.5 Å². The summed E-state index contributed by atoms with van der Waals surface area (Å²) in [4.78, 5) is 10.2. The van der Waals surface area contributed by atoms with E-state index in [9.17, 15) is 9.36 Å². The predicted molar refractivity (Wildman–Crippen MR) is 37.2 cm³/mol. The van der Waals surface area contributed by atoms with Crippen LogP contribution >= 0.6 is 7.67 Å². The number of carbonyl (C=O) groups excluding carboxylic acids is 1. The van der Waals surface area contributed by atoms with Crippen molar-refractivity contribution in [1.29, 1.82) is 0 Å². The average molecular weight is 166 g/mol. The highest BCUT2D eigenvalue weighted by atomic mass is 31.2. The first-order valence-electron chi connectivity index (χ1n) is 2.82. The molecule has 0 aliphatic rings. The Morgan fingerprint density at radius 1 is 1.80 bits per heavy atom. The van der Waals surface area contributed by atoms with Gasteiger partial charge in [0, 0.05) is 13.5 Å². The van der Waals surface area contributed by atoms with Crippen molar-refractivity contribution in [3.63, 3.8) is 0 Å². The predicted octanol–water partition coefficient (Wildman–Crippen LogP) is 0.226. The van der Waals surface area contributed by atoms with Crippen molar-refractivity contribution in [1.82, 2.24) is 5.09 Å². The minimum atomic E-state index is -3.35. The van der Waals surface area contributed by atoms with Crippen molar-refractivity contribution in [2.24, 2.45) is 5.50 Å². The fraction of sp³-hybridized carbons (Fsp3) is 0.750. The molecule has 0 fully saturated rings. The van der Waals surface area contributed by atoms with E-state index in [0.29, 0.717) is 6.54 Å². The van der Waals surface area contributed by atoms with E-state index in [1.165, 1.54) is 0 Å². The first-order valence-corrected chi connectivity index (χ1v) is 4.51. The van der Waals surface area contributed by atoms with E-state index < -0.39 is 13.6 Å². The summed E-state index contributed by atoms with van der Waals surface area (Å²) in [6.07, 6.45) is 0. The highest BCUT2D eigenvalue weighted by molar-refractivity contribution is 7.54. The molecule has 0 bridgehead atoms. The van der Waals surface area contributed by atoms with Crippen molar-refractivity contribution < 1.29 is 13.9 Å². The second-order valence-corrected chi connectivity index (χ2v) is 3.38. The lowest BCUT2D eigenvalue weighted by molar-refractivity contribution is -0.131. The van der Waals surface area contributed by atoms with Gasteiger partial charge in [-0.25, -0.2) is 15.2 Å². The van der Waals surface area contributed by atoms with E-state index in [0.717, 1.165) is 6.92 Å². The van der Waals surface area contributed by atoms with Crippen LogP contribution < -0.4 is 10.6 Å². The smallest absolute Gasteiger partial charge is 0.389 e. The van der Waals surface area contributed by atoms with Crippen LogP contribution in [0.15, 0.2) is 0 Å². The van der Waals surface area contributed by atoms with Crippen LogP contribution in [0.5, 0.6) is 0 Å². The molecule has 3 N–H and O–H groups in total. The number of carbonyl (C=O) groups is 1. The first-order chi connectivity index (χ1) is 4.48. The monoisotopic (exact) mass is 166 g/mol. The lowest BCUT2D eigenvalue weighted by Crippen LogP contribution is -2.19. The maximum Gasteiger partial charge on any atom is 0.389 e. The molecule has 60 valence electrons. The molecule has 0 heterocycles. The zero-order valence-corrected chi connectivity index (χ0v) is 6.85. The molecule has 1 atom stereocenters. The van der Waals surface area contributed by atoms with Crippen LogP contribution in [0.4, 0.5) is 0 Å². The molecule has 0 aromatic heterocycles. The average Bonchev–Trinajstić information content (AvgIpc) is 1.59. The van der Waals surface area contributed by atoms with Crippen molar-refractivity contribution in [3.05, 3.63) is 0 Å². The van der Waals surface area contributed by atoms with Gasteiger partial charge in [-0.2, -0.15) is 0 Å². The number of nitrogens with two attached hydrogens (primary N) is 1. The molecular weight excluding hydrogens is 155 g/mol. The van der Waals surface area contributed by atoms with Crippen molar-refractivity contribution in [3.8, 4) is 0 Å². The van der Waals surface area contributed by atoms with Gasteiger partial charge in [-0.3, -0.25) is 4.79 Å². The van der Waals surface area contributed by atoms with Gasteiger partial charge in [0.25, 0.3) is 0 Å². The highest BCUT2D eigenvalue weighted by Gasteiger charge is 2.16. The molecule has 0 rings (SSSR count).